The van der Waals surface area contributed by atoms with Gasteiger partial charge in [-0.25, -0.2) is 9.48 Å². The lowest BCUT2D eigenvalue weighted by atomic mass is 10.7. The van der Waals surface area contributed by atoms with E-state index in [4.69, 9.17) is 5.11 Å². The summed E-state index contributed by atoms with van der Waals surface area (Å²) in [6, 6.07) is 0. The molecule has 6 nitrogen and oxygen atoms in total. The van der Waals surface area contributed by atoms with E-state index in [2.05, 4.69) is 5.10 Å². The second kappa shape index (κ2) is 2.80. The molecule has 0 amide bonds. The van der Waals surface area contributed by atoms with Gasteiger partial charge in [-0.15, -0.1) is 0 Å². The Hall–Kier alpha value is -1.59. The highest BCUT2D eigenvalue weighted by molar-refractivity contribution is 5.66. The molecule has 12 heavy (non-hydrogen) atoms. The van der Waals surface area contributed by atoms with Gasteiger partial charge in [-0.3, -0.25) is 9.36 Å². The topological polar surface area (TPSA) is 77.1 Å². The van der Waals surface area contributed by atoms with Gasteiger partial charge in [0.2, 0.25) is 0 Å². The first-order valence-electron chi connectivity index (χ1n) is 3.34. The van der Waals surface area contributed by atoms with Crippen molar-refractivity contribution in [2.24, 2.45) is 7.05 Å². The van der Waals surface area contributed by atoms with E-state index in [1.807, 2.05) is 0 Å². The summed E-state index contributed by atoms with van der Waals surface area (Å²) < 4.78 is 2.21. The quantitative estimate of drug-likeness (QED) is 0.617. The molecule has 0 saturated heterocycles. The number of hydrogen-bond acceptors (Lipinski definition) is 3. The highest BCUT2D eigenvalue weighted by Gasteiger charge is 2.08. The fraction of sp³-hybridized carbons (Fsp3) is 0.500. The van der Waals surface area contributed by atoms with E-state index < -0.39 is 11.7 Å². The van der Waals surface area contributed by atoms with Gasteiger partial charge in [0.1, 0.15) is 12.4 Å². The fourth-order valence-electron chi connectivity index (χ4n) is 0.827. The summed E-state index contributed by atoms with van der Waals surface area (Å²) in [6.07, 6.45) is 0. The first-order valence-corrected chi connectivity index (χ1v) is 3.34. The van der Waals surface area contributed by atoms with Gasteiger partial charge in [0, 0.05) is 7.05 Å². The summed E-state index contributed by atoms with van der Waals surface area (Å²) in [7, 11) is 1.54. The molecule has 0 aliphatic rings. The molecule has 1 rings (SSSR count). The Bertz CT molecular complexity index is 363. The second-order valence-electron chi connectivity index (χ2n) is 2.44. The average molecular weight is 171 g/mol. The van der Waals surface area contributed by atoms with Crippen molar-refractivity contribution < 1.29 is 9.90 Å². The van der Waals surface area contributed by atoms with Crippen molar-refractivity contribution in [1.82, 2.24) is 14.3 Å². The van der Waals surface area contributed by atoms with Crippen LogP contribution in [0.2, 0.25) is 0 Å². The number of aliphatic carboxylic acids is 1. The number of carbonyl (C=O) groups is 1. The first kappa shape index (κ1) is 8.51. The van der Waals surface area contributed by atoms with Crippen molar-refractivity contribution in [3.05, 3.63) is 16.3 Å². The molecular weight excluding hydrogens is 162 g/mol. The Balaban J connectivity index is 3.10. The third-order valence-electron chi connectivity index (χ3n) is 1.54. The first-order chi connectivity index (χ1) is 5.52. The molecule has 66 valence electrons. The SMILES string of the molecule is Cc1nn(CC(=O)O)c(=O)n1C. The summed E-state index contributed by atoms with van der Waals surface area (Å²) in [5.74, 6) is -0.573. The molecule has 0 saturated carbocycles. The smallest absolute Gasteiger partial charge is 0.346 e. The highest BCUT2D eigenvalue weighted by atomic mass is 16.4. The number of aryl methyl sites for hydroxylation is 1. The maximum atomic E-state index is 11.1. The summed E-state index contributed by atoms with van der Waals surface area (Å²) in [6.45, 7) is 1.25. The Labute approximate surface area is 68.0 Å². The van der Waals surface area contributed by atoms with Gasteiger partial charge in [0.05, 0.1) is 0 Å². The molecule has 0 aliphatic carbocycles. The molecule has 0 spiro atoms. The Morgan fingerprint density at radius 1 is 1.67 bits per heavy atom. The normalized spacial score (nSPS) is 10.2. The predicted molar refractivity (Wildman–Crippen MR) is 39.8 cm³/mol. The van der Waals surface area contributed by atoms with Crippen LogP contribution in [0.25, 0.3) is 0 Å². The van der Waals surface area contributed by atoms with Crippen LogP contribution in [-0.4, -0.2) is 25.4 Å². The largest absolute Gasteiger partial charge is 0.480 e. The number of carboxylic acids is 1. The average Bonchev–Trinajstić information content (AvgIpc) is 2.17. The van der Waals surface area contributed by atoms with Crippen LogP contribution in [-0.2, 0) is 18.4 Å². The zero-order valence-corrected chi connectivity index (χ0v) is 6.81. The zero-order chi connectivity index (χ0) is 9.30. The van der Waals surface area contributed by atoms with E-state index in [0.717, 1.165) is 4.68 Å². The van der Waals surface area contributed by atoms with Crippen molar-refractivity contribution in [2.75, 3.05) is 0 Å². The van der Waals surface area contributed by atoms with Crippen molar-refractivity contribution >= 4 is 5.97 Å². The minimum Gasteiger partial charge on any atom is -0.480 e. The van der Waals surface area contributed by atoms with Crippen molar-refractivity contribution in [3.63, 3.8) is 0 Å². The van der Waals surface area contributed by atoms with E-state index in [9.17, 15) is 9.59 Å². The summed E-state index contributed by atoms with van der Waals surface area (Å²) in [5.41, 5.74) is -0.408. The van der Waals surface area contributed by atoms with Gasteiger partial charge in [0.15, 0.2) is 0 Å². The van der Waals surface area contributed by atoms with Crippen LogP contribution >= 0.6 is 0 Å². The maximum absolute atomic E-state index is 11.1. The van der Waals surface area contributed by atoms with E-state index in [1.54, 1.807) is 14.0 Å². The van der Waals surface area contributed by atoms with Crippen LogP contribution in [0.4, 0.5) is 0 Å². The number of nitrogens with zero attached hydrogens (tertiary/aromatic N) is 3. The van der Waals surface area contributed by atoms with Gasteiger partial charge < -0.3 is 5.11 Å². The maximum Gasteiger partial charge on any atom is 0.346 e. The predicted octanol–water partition coefficient (Wildman–Crippen LogP) is -1.03. The second-order valence-corrected chi connectivity index (χ2v) is 2.44. The lowest BCUT2D eigenvalue weighted by Gasteiger charge is -1.90. The Kier molecular flexibility index (Phi) is 1.99. The van der Waals surface area contributed by atoms with Crippen LogP contribution < -0.4 is 5.69 Å². The fourth-order valence-corrected chi connectivity index (χ4v) is 0.827. The van der Waals surface area contributed by atoms with Crippen molar-refractivity contribution in [2.45, 2.75) is 13.5 Å². The van der Waals surface area contributed by atoms with E-state index >= 15 is 0 Å². The minimum absolute atomic E-state index is 0.388. The van der Waals surface area contributed by atoms with Crippen LogP contribution in [0.15, 0.2) is 4.79 Å². The molecule has 1 aromatic rings. The standard InChI is InChI=1S/C6H9N3O3/c1-4-7-9(3-5(10)11)6(12)8(4)2/h3H2,1-2H3,(H,10,11). The third-order valence-corrected chi connectivity index (χ3v) is 1.54. The Morgan fingerprint density at radius 3 is 2.58 bits per heavy atom. The molecule has 0 aliphatic heterocycles. The number of carboxylic acid groups (broad SMARTS) is 1. The molecule has 1 N–H and O–H groups in total. The van der Waals surface area contributed by atoms with E-state index in [1.165, 1.54) is 4.57 Å². The Morgan fingerprint density at radius 2 is 2.25 bits per heavy atom. The zero-order valence-electron chi connectivity index (χ0n) is 6.81. The third kappa shape index (κ3) is 1.36. The van der Waals surface area contributed by atoms with Gasteiger partial charge >= 0.3 is 11.7 Å². The molecule has 1 heterocycles. The van der Waals surface area contributed by atoms with Crippen LogP contribution in [0, 0.1) is 6.92 Å². The van der Waals surface area contributed by atoms with Crippen molar-refractivity contribution in [3.8, 4) is 0 Å². The number of aromatic nitrogens is 3. The van der Waals surface area contributed by atoms with Crippen molar-refractivity contribution in [1.29, 1.82) is 0 Å². The molecule has 0 bridgehead atoms. The minimum atomic E-state index is -1.07. The van der Waals surface area contributed by atoms with E-state index in [-0.39, 0.29) is 6.54 Å². The molecule has 0 aromatic carbocycles. The highest BCUT2D eigenvalue weighted by Crippen LogP contribution is 1.85. The number of hydrogen-bond donors (Lipinski definition) is 1. The lowest BCUT2D eigenvalue weighted by molar-refractivity contribution is -0.137. The number of rotatable bonds is 2. The molecular formula is C6H9N3O3. The van der Waals surface area contributed by atoms with Crippen LogP contribution in [0.5, 0.6) is 0 Å². The van der Waals surface area contributed by atoms with Crippen LogP contribution in [0.1, 0.15) is 5.82 Å². The molecule has 0 unspecified atom stereocenters. The lowest BCUT2D eigenvalue weighted by Crippen LogP contribution is -2.26. The summed E-state index contributed by atoms with van der Waals surface area (Å²) in [5, 5.41) is 12.1. The molecule has 0 fully saturated rings. The van der Waals surface area contributed by atoms with Gasteiger partial charge in [-0.1, -0.05) is 0 Å². The summed E-state index contributed by atoms with van der Waals surface area (Å²) in [4.78, 5) is 21.4. The summed E-state index contributed by atoms with van der Waals surface area (Å²) >= 11 is 0. The molecule has 1 aromatic heterocycles. The van der Waals surface area contributed by atoms with E-state index in [0.29, 0.717) is 5.82 Å². The molecule has 6 heteroatoms. The molecule has 0 atom stereocenters. The van der Waals surface area contributed by atoms with Gasteiger partial charge in [0.25, 0.3) is 0 Å². The van der Waals surface area contributed by atoms with Gasteiger partial charge in [-0.05, 0) is 6.92 Å². The van der Waals surface area contributed by atoms with Crippen LogP contribution in [0.3, 0.4) is 0 Å². The molecule has 0 radical (unpaired) electrons. The van der Waals surface area contributed by atoms with Gasteiger partial charge in [-0.2, -0.15) is 5.10 Å². The monoisotopic (exact) mass is 171 g/mol.